The minimum absolute atomic E-state index is 0.0661. The van der Waals surface area contributed by atoms with Gasteiger partial charge in [-0.25, -0.2) is 8.42 Å². The lowest BCUT2D eigenvalue weighted by Crippen LogP contribution is -2.49. The summed E-state index contributed by atoms with van der Waals surface area (Å²) in [5.74, 6) is 0.281. The van der Waals surface area contributed by atoms with E-state index >= 15 is 0 Å². The number of rotatable bonds is 3. The summed E-state index contributed by atoms with van der Waals surface area (Å²) in [5.41, 5.74) is -0.346. The maximum atomic E-state index is 13.1. The predicted octanol–water partition coefficient (Wildman–Crippen LogP) is 1.75. The molecule has 2 aliphatic heterocycles. The first-order valence-electron chi connectivity index (χ1n) is 7.98. The Balaban J connectivity index is 2.00. The van der Waals surface area contributed by atoms with E-state index < -0.39 is 14.9 Å². The zero-order valence-electron chi connectivity index (χ0n) is 12.8. The van der Waals surface area contributed by atoms with Gasteiger partial charge in [0.1, 0.15) is 0 Å². The number of nitrogens with zero attached hydrogens (tertiary/aromatic N) is 2. The molecule has 126 valence electrons. The molecule has 0 saturated carbocycles. The molecule has 7 nitrogen and oxygen atoms in total. The van der Waals surface area contributed by atoms with Gasteiger partial charge < -0.3 is 5.32 Å². The summed E-state index contributed by atoms with van der Waals surface area (Å²) in [5, 5.41) is 14.6. The highest BCUT2D eigenvalue weighted by atomic mass is 32.2. The van der Waals surface area contributed by atoms with Gasteiger partial charge in [-0.05, 0) is 50.8 Å². The van der Waals surface area contributed by atoms with E-state index in [0.717, 1.165) is 38.8 Å². The van der Waals surface area contributed by atoms with Gasteiger partial charge in [-0.2, -0.15) is 4.31 Å². The van der Waals surface area contributed by atoms with Crippen molar-refractivity contribution in [2.45, 2.75) is 36.6 Å². The van der Waals surface area contributed by atoms with E-state index in [-0.39, 0.29) is 22.5 Å². The number of nitrogens with one attached hydrogen (secondary N) is 1. The van der Waals surface area contributed by atoms with Gasteiger partial charge in [0.2, 0.25) is 10.0 Å². The van der Waals surface area contributed by atoms with Crippen molar-refractivity contribution in [3.8, 4) is 0 Å². The minimum Gasteiger partial charge on any atom is -0.316 e. The van der Waals surface area contributed by atoms with Crippen LogP contribution in [-0.2, 0) is 10.0 Å². The third kappa shape index (κ3) is 3.11. The topological polar surface area (TPSA) is 92.5 Å². The Hall–Kier alpha value is -1.51. The van der Waals surface area contributed by atoms with Crippen LogP contribution < -0.4 is 5.32 Å². The number of piperidine rings is 1. The van der Waals surface area contributed by atoms with Gasteiger partial charge >= 0.3 is 0 Å². The van der Waals surface area contributed by atoms with E-state index in [4.69, 9.17) is 0 Å². The Morgan fingerprint density at radius 1 is 1.22 bits per heavy atom. The summed E-state index contributed by atoms with van der Waals surface area (Å²) < 4.78 is 27.7. The molecule has 3 rings (SSSR count). The van der Waals surface area contributed by atoms with Crippen LogP contribution in [0, 0.1) is 16.0 Å². The maximum absolute atomic E-state index is 13.1. The van der Waals surface area contributed by atoms with Crippen molar-refractivity contribution in [1.82, 2.24) is 9.62 Å². The highest BCUT2D eigenvalue weighted by Crippen LogP contribution is 2.35. The van der Waals surface area contributed by atoms with Crippen LogP contribution in [0.5, 0.6) is 0 Å². The zero-order valence-corrected chi connectivity index (χ0v) is 13.7. The van der Waals surface area contributed by atoms with Gasteiger partial charge in [0, 0.05) is 18.7 Å². The van der Waals surface area contributed by atoms with Crippen LogP contribution in [0.25, 0.3) is 0 Å². The second kappa shape index (κ2) is 6.54. The SMILES string of the molecule is O=[N+]([O-])c1ccccc1S(=O)(=O)N1CCCC2CNCCCC21. The molecule has 2 saturated heterocycles. The Kier molecular flexibility index (Phi) is 4.65. The molecule has 0 aromatic heterocycles. The number of sulfonamides is 1. The lowest BCUT2D eigenvalue weighted by atomic mass is 9.89. The van der Waals surface area contributed by atoms with E-state index in [2.05, 4.69) is 5.32 Å². The van der Waals surface area contributed by atoms with E-state index in [0.29, 0.717) is 6.54 Å². The summed E-state index contributed by atoms with van der Waals surface area (Å²) in [6, 6.07) is 5.56. The lowest BCUT2D eigenvalue weighted by molar-refractivity contribution is -0.387. The number of hydrogen-bond acceptors (Lipinski definition) is 5. The van der Waals surface area contributed by atoms with Crippen LogP contribution in [-0.4, -0.2) is 43.3 Å². The molecule has 1 N–H and O–H groups in total. The first kappa shape index (κ1) is 16.4. The highest BCUT2D eigenvalue weighted by Gasteiger charge is 2.41. The first-order chi connectivity index (χ1) is 11.0. The van der Waals surface area contributed by atoms with Gasteiger partial charge in [-0.1, -0.05) is 12.1 Å². The smallest absolute Gasteiger partial charge is 0.289 e. The summed E-state index contributed by atoms with van der Waals surface area (Å²) in [7, 11) is -3.86. The highest BCUT2D eigenvalue weighted by molar-refractivity contribution is 7.89. The van der Waals surface area contributed by atoms with E-state index in [1.165, 1.54) is 28.6 Å². The van der Waals surface area contributed by atoms with Crippen molar-refractivity contribution in [2.75, 3.05) is 19.6 Å². The molecule has 1 aromatic rings. The first-order valence-corrected chi connectivity index (χ1v) is 9.42. The maximum Gasteiger partial charge on any atom is 0.289 e. The summed E-state index contributed by atoms with van der Waals surface area (Å²) in [4.78, 5) is 10.4. The largest absolute Gasteiger partial charge is 0.316 e. The molecule has 23 heavy (non-hydrogen) atoms. The van der Waals surface area contributed by atoms with E-state index in [9.17, 15) is 18.5 Å². The molecular weight excluding hydrogens is 318 g/mol. The van der Waals surface area contributed by atoms with Crippen molar-refractivity contribution in [1.29, 1.82) is 0 Å². The van der Waals surface area contributed by atoms with Crippen molar-refractivity contribution < 1.29 is 13.3 Å². The van der Waals surface area contributed by atoms with Crippen LogP contribution in [0.1, 0.15) is 25.7 Å². The molecule has 2 aliphatic rings. The molecule has 2 fully saturated rings. The summed E-state index contributed by atoms with van der Waals surface area (Å²) in [6.45, 7) is 2.15. The summed E-state index contributed by atoms with van der Waals surface area (Å²) in [6.07, 6.45) is 3.52. The number of hydrogen-bond donors (Lipinski definition) is 1. The Labute approximate surface area is 135 Å². The molecule has 0 spiro atoms. The molecule has 0 bridgehead atoms. The van der Waals surface area contributed by atoms with Crippen molar-refractivity contribution in [3.63, 3.8) is 0 Å². The molecule has 8 heteroatoms. The Morgan fingerprint density at radius 3 is 2.78 bits per heavy atom. The van der Waals surface area contributed by atoms with Crippen LogP contribution in [0.4, 0.5) is 5.69 Å². The van der Waals surface area contributed by atoms with E-state index in [1.54, 1.807) is 0 Å². The van der Waals surface area contributed by atoms with Crippen molar-refractivity contribution in [3.05, 3.63) is 34.4 Å². The van der Waals surface area contributed by atoms with Crippen molar-refractivity contribution >= 4 is 15.7 Å². The minimum atomic E-state index is -3.86. The zero-order chi connectivity index (χ0) is 16.4. The molecule has 2 atom stereocenters. The average molecular weight is 339 g/mol. The predicted molar refractivity (Wildman–Crippen MR) is 85.6 cm³/mol. The Bertz CT molecular complexity index is 692. The van der Waals surface area contributed by atoms with Gasteiger partial charge in [0.25, 0.3) is 5.69 Å². The summed E-state index contributed by atoms with van der Waals surface area (Å²) >= 11 is 0. The fraction of sp³-hybridized carbons (Fsp3) is 0.600. The van der Waals surface area contributed by atoms with Gasteiger partial charge in [0.15, 0.2) is 4.90 Å². The standard InChI is InChI=1S/C15H21N3O4S/c19-18(20)14-6-1-2-8-15(14)23(21,22)17-10-4-5-12-11-16-9-3-7-13(12)17/h1-2,6,8,12-13,16H,3-5,7,9-11H2. The molecule has 2 heterocycles. The number of nitro groups is 1. The molecule has 2 unspecified atom stereocenters. The van der Waals surface area contributed by atoms with Gasteiger partial charge in [-0.3, -0.25) is 10.1 Å². The third-order valence-corrected chi connectivity index (χ3v) is 6.75. The average Bonchev–Trinajstić information content (AvgIpc) is 2.79. The molecule has 1 aromatic carbocycles. The van der Waals surface area contributed by atoms with Gasteiger partial charge in [-0.15, -0.1) is 0 Å². The number of fused-ring (bicyclic) bond motifs is 1. The molecule has 0 amide bonds. The second-order valence-corrected chi connectivity index (χ2v) is 8.02. The van der Waals surface area contributed by atoms with Gasteiger partial charge in [0.05, 0.1) is 4.92 Å². The fourth-order valence-corrected chi connectivity index (χ4v) is 5.61. The third-order valence-electron chi connectivity index (χ3n) is 4.78. The van der Waals surface area contributed by atoms with Crippen LogP contribution in [0.2, 0.25) is 0 Å². The number of nitro benzene ring substituents is 1. The van der Waals surface area contributed by atoms with Crippen LogP contribution >= 0.6 is 0 Å². The Morgan fingerprint density at radius 2 is 2.00 bits per heavy atom. The molecule has 0 aliphatic carbocycles. The normalized spacial score (nSPS) is 26.3. The second-order valence-electron chi connectivity index (χ2n) is 6.16. The molecule has 0 radical (unpaired) electrons. The molecular formula is C15H21N3O4S. The number of benzene rings is 1. The van der Waals surface area contributed by atoms with Crippen LogP contribution in [0.3, 0.4) is 0 Å². The lowest BCUT2D eigenvalue weighted by Gasteiger charge is -2.39. The monoisotopic (exact) mass is 339 g/mol. The fourth-order valence-electron chi connectivity index (χ4n) is 3.69. The quantitative estimate of drug-likeness (QED) is 0.669. The van der Waals surface area contributed by atoms with E-state index in [1.807, 2.05) is 0 Å². The number of para-hydroxylation sites is 1. The van der Waals surface area contributed by atoms with Crippen molar-refractivity contribution in [2.24, 2.45) is 5.92 Å². The van der Waals surface area contributed by atoms with Crippen LogP contribution in [0.15, 0.2) is 29.2 Å².